The van der Waals surface area contributed by atoms with E-state index in [1.165, 1.54) is 23.9 Å². The summed E-state index contributed by atoms with van der Waals surface area (Å²) >= 11 is 1.50. The summed E-state index contributed by atoms with van der Waals surface area (Å²) in [5.74, 6) is 0.586. The second-order valence-electron chi connectivity index (χ2n) is 5.72. The first-order valence-corrected chi connectivity index (χ1v) is 9.33. The molecule has 0 atom stereocenters. The van der Waals surface area contributed by atoms with Crippen LogP contribution in [0.15, 0.2) is 29.4 Å². The van der Waals surface area contributed by atoms with Crippen LogP contribution in [-0.2, 0) is 11.3 Å². The molecule has 0 spiro atoms. The predicted molar refractivity (Wildman–Crippen MR) is 94.0 cm³/mol. The second kappa shape index (κ2) is 8.28. The number of benzene rings is 1. The fourth-order valence-corrected chi connectivity index (χ4v) is 3.62. The number of carbonyl (C=O) groups excluding carboxylic acids is 1. The molecule has 0 N–H and O–H groups in total. The van der Waals surface area contributed by atoms with E-state index in [0.717, 1.165) is 23.9 Å². The summed E-state index contributed by atoms with van der Waals surface area (Å²) in [4.78, 5) is 16.4. The summed E-state index contributed by atoms with van der Waals surface area (Å²) in [6, 6.07) is 6.49. The van der Waals surface area contributed by atoms with Crippen LogP contribution in [-0.4, -0.2) is 62.9 Å². The van der Waals surface area contributed by atoms with Gasteiger partial charge in [0.25, 0.3) is 0 Å². The van der Waals surface area contributed by atoms with E-state index < -0.39 is 0 Å². The van der Waals surface area contributed by atoms with Crippen molar-refractivity contribution in [1.82, 2.24) is 25.1 Å². The van der Waals surface area contributed by atoms with Crippen LogP contribution in [0.1, 0.15) is 13.3 Å². The Bertz CT molecular complexity index is 699. The molecule has 0 saturated carbocycles. The Balaban J connectivity index is 1.43. The van der Waals surface area contributed by atoms with E-state index in [9.17, 15) is 9.18 Å². The van der Waals surface area contributed by atoms with E-state index in [-0.39, 0.29) is 11.7 Å². The molecule has 1 fully saturated rings. The van der Waals surface area contributed by atoms with Crippen LogP contribution in [0.4, 0.5) is 10.1 Å². The van der Waals surface area contributed by atoms with Gasteiger partial charge in [-0.25, -0.2) is 9.07 Å². The lowest BCUT2D eigenvalue weighted by Gasteiger charge is -2.36. The van der Waals surface area contributed by atoms with E-state index in [1.807, 2.05) is 11.8 Å². The van der Waals surface area contributed by atoms with Gasteiger partial charge in [0.2, 0.25) is 11.1 Å². The maximum absolute atomic E-state index is 13.0. The van der Waals surface area contributed by atoms with Crippen LogP contribution >= 0.6 is 11.8 Å². The second-order valence-corrected chi connectivity index (χ2v) is 6.78. The van der Waals surface area contributed by atoms with Gasteiger partial charge in [0, 0.05) is 50.6 Å². The van der Waals surface area contributed by atoms with E-state index in [1.54, 1.807) is 16.8 Å². The minimum Gasteiger partial charge on any atom is -0.368 e. The molecule has 0 radical (unpaired) electrons. The van der Waals surface area contributed by atoms with Crippen molar-refractivity contribution >= 4 is 23.4 Å². The van der Waals surface area contributed by atoms with E-state index in [0.29, 0.717) is 31.8 Å². The third-order valence-corrected chi connectivity index (χ3v) is 5.13. The number of aromatic nitrogens is 4. The van der Waals surface area contributed by atoms with Gasteiger partial charge in [-0.1, -0.05) is 11.8 Å². The fourth-order valence-electron chi connectivity index (χ4n) is 2.75. The molecular formula is C16H21FN6OS. The number of tetrazole rings is 1. The molecule has 25 heavy (non-hydrogen) atoms. The van der Waals surface area contributed by atoms with Crippen LogP contribution in [0.3, 0.4) is 0 Å². The largest absolute Gasteiger partial charge is 0.368 e. The standard InChI is InChI=1S/C16H21FN6OS/c1-2-23-16(18-19-20-23)25-12-7-15(24)22-10-8-21(9-11-22)14-5-3-13(17)4-6-14/h3-6H,2,7-12H2,1H3. The molecule has 0 unspecified atom stereocenters. The minimum absolute atomic E-state index is 0.154. The number of aryl methyl sites for hydroxylation is 1. The Labute approximate surface area is 150 Å². The number of amides is 1. The SMILES string of the molecule is CCn1nnnc1SCCC(=O)N1CCN(c2ccc(F)cc2)CC1. The quantitative estimate of drug-likeness (QED) is 0.727. The van der Waals surface area contributed by atoms with Gasteiger partial charge in [-0.3, -0.25) is 4.79 Å². The van der Waals surface area contributed by atoms with Crippen LogP contribution in [0, 0.1) is 5.82 Å². The third kappa shape index (κ3) is 4.47. The zero-order valence-corrected chi connectivity index (χ0v) is 15.0. The molecule has 1 saturated heterocycles. The highest BCUT2D eigenvalue weighted by Gasteiger charge is 2.21. The van der Waals surface area contributed by atoms with Gasteiger partial charge < -0.3 is 9.80 Å². The summed E-state index contributed by atoms with van der Waals surface area (Å²) < 4.78 is 14.7. The van der Waals surface area contributed by atoms with E-state index >= 15 is 0 Å². The molecule has 0 bridgehead atoms. The topological polar surface area (TPSA) is 67.2 Å². The van der Waals surface area contributed by atoms with Crippen molar-refractivity contribution in [2.24, 2.45) is 0 Å². The Morgan fingerprint density at radius 2 is 1.92 bits per heavy atom. The van der Waals surface area contributed by atoms with Crippen molar-refractivity contribution in [2.75, 3.05) is 36.8 Å². The Morgan fingerprint density at radius 3 is 2.60 bits per heavy atom. The van der Waals surface area contributed by atoms with Crippen molar-refractivity contribution in [3.05, 3.63) is 30.1 Å². The highest BCUT2D eigenvalue weighted by molar-refractivity contribution is 7.99. The Kier molecular flexibility index (Phi) is 5.85. The molecule has 3 rings (SSSR count). The molecule has 2 aromatic rings. The summed E-state index contributed by atoms with van der Waals surface area (Å²) in [5.41, 5.74) is 0.996. The number of piperazine rings is 1. The van der Waals surface area contributed by atoms with Crippen LogP contribution < -0.4 is 4.90 Å². The lowest BCUT2D eigenvalue weighted by molar-refractivity contribution is -0.131. The number of hydrogen-bond donors (Lipinski definition) is 0. The molecule has 1 aromatic carbocycles. The van der Waals surface area contributed by atoms with Crippen molar-refractivity contribution < 1.29 is 9.18 Å². The van der Waals surface area contributed by atoms with Gasteiger partial charge in [0.1, 0.15) is 5.82 Å². The molecule has 7 nitrogen and oxygen atoms in total. The highest BCUT2D eigenvalue weighted by Crippen LogP contribution is 2.18. The van der Waals surface area contributed by atoms with Gasteiger partial charge in [-0.15, -0.1) is 5.10 Å². The number of carbonyl (C=O) groups is 1. The first-order valence-electron chi connectivity index (χ1n) is 8.34. The first kappa shape index (κ1) is 17.7. The van der Waals surface area contributed by atoms with Gasteiger partial charge in [0.05, 0.1) is 0 Å². The van der Waals surface area contributed by atoms with E-state index in [2.05, 4.69) is 20.4 Å². The zero-order chi connectivity index (χ0) is 17.6. The lowest BCUT2D eigenvalue weighted by Crippen LogP contribution is -2.48. The summed E-state index contributed by atoms with van der Waals surface area (Å²) in [6.45, 7) is 5.60. The normalized spacial score (nSPS) is 14.8. The van der Waals surface area contributed by atoms with Crippen LogP contribution in [0.5, 0.6) is 0 Å². The maximum Gasteiger partial charge on any atom is 0.223 e. The molecule has 1 aliphatic rings. The maximum atomic E-state index is 13.0. The molecular weight excluding hydrogens is 343 g/mol. The van der Waals surface area contributed by atoms with Gasteiger partial charge in [-0.2, -0.15) is 0 Å². The highest BCUT2D eigenvalue weighted by atomic mass is 32.2. The van der Waals surface area contributed by atoms with Crippen molar-refractivity contribution in [1.29, 1.82) is 0 Å². The first-order chi connectivity index (χ1) is 12.2. The average Bonchev–Trinajstić information content (AvgIpc) is 3.10. The van der Waals surface area contributed by atoms with E-state index in [4.69, 9.17) is 0 Å². The van der Waals surface area contributed by atoms with Crippen LogP contribution in [0.2, 0.25) is 0 Å². The van der Waals surface area contributed by atoms with Gasteiger partial charge in [0.15, 0.2) is 0 Å². The minimum atomic E-state index is -0.232. The molecule has 1 aliphatic heterocycles. The molecule has 2 heterocycles. The molecule has 9 heteroatoms. The fraction of sp³-hybridized carbons (Fsp3) is 0.500. The van der Waals surface area contributed by atoms with Crippen LogP contribution in [0.25, 0.3) is 0 Å². The number of halogens is 1. The number of thioether (sulfide) groups is 1. The monoisotopic (exact) mass is 364 g/mol. The van der Waals surface area contributed by atoms with Gasteiger partial charge in [-0.05, 0) is 41.6 Å². The molecule has 134 valence electrons. The third-order valence-electron chi connectivity index (χ3n) is 4.17. The predicted octanol–water partition coefficient (Wildman–Crippen LogP) is 1.66. The Morgan fingerprint density at radius 1 is 1.20 bits per heavy atom. The lowest BCUT2D eigenvalue weighted by atomic mass is 10.2. The number of rotatable bonds is 6. The smallest absolute Gasteiger partial charge is 0.223 e. The summed E-state index contributed by atoms with van der Waals surface area (Å²) in [7, 11) is 0. The zero-order valence-electron chi connectivity index (χ0n) is 14.1. The number of hydrogen-bond acceptors (Lipinski definition) is 6. The van der Waals surface area contributed by atoms with Crippen molar-refractivity contribution in [2.45, 2.75) is 25.0 Å². The molecule has 1 aromatic heterocycles. The molecule has 1 amide bonds. The Hall–Kier alpha value is -2.16. The number of nitrogens with zero attached hydrogens (tertiary/aromatic N) is 6. The molecule has 0 aliphatic carbocycles. The van der Waals surface area contributed by atoms with Crippen molar-refractivity contribution in [3.63, 3.8) is 0 Å². The summed E-state index contributed by atoms with van der Waals surface area (Å²) in [6.07, 6.45) is 0.470. The van der Waals surface area contributed by atoms with Gasteiger partial charge >= 0.3 is 0 Å². The van der Waals surface area contributed by atoms with Crippen molar-refractivity contribution in [3.8, 4) is 0 Å². The summed E-state index contributed by atoms with van der Waals surface area (Å²) in [5, 5.41) is 12.2. The average molecular weight is 364 g/mol. The number of anilines is 1.